The first-order valence-corrected chi connectivity index (χ1v) is 12.5. The number of aryl methyl sites for hydroxylation is 2. The van der Waals surface area contributed by atoms with Crippen LogP contribution in [-0.2, 0) is 38.3 Å². The molecule has 0 N–H and O–H groups in total. The predicted octanol–water partition coefficient (Wildman–Crippen LogP) is 2.16. The Morgan fingerprint density at radius 3 is 2.71 bits per heavy atom. The van der Waals surface area contributed by atoms with E-state index in [1.165, 1.54) is 11.6 Å². The van der Waals surface area contributed by atoms with E-state index in [4.69, 9.17) is 9.72 Å². The minimum atomic E-state index is -0.527. The lowest BCUT2D eigenvalue weighted by Gasteiger charge is -2.27. The molecule has 1 fully saturated rings. The average Bonchev–Trinajstić information content (AvgIpc) is 3.34. The fourth-order valence-electron chi connectivity index (χ4n) is 5.66. The molecule has 186 valence electrons. The van der Waals surface area contributed by atoms with Gasteiger partial charge in [-0.15, -0.1) is 0 Å². The summed E-state index contributed by atoms with van der Waals surface area (Å²) in [4.78, 5) is 44.7. The largest absolute Gasteiger partial charge is 0.471 e. The molecule has 2 aromatic heterocycles. The van der Waals surface area contributed by atoms with Gasteiger partial charge in [-0.1, -0.05) is 12.1 Å². The number of carbonyl (C=O) groups excluding carboxylic acids is 1. The number of para-hydroxylation sites is 2. The first kappa shape index (κ1) is 23.4. The minimum Gasteiger partial charge on any atom is -0.471 e. The van der Waals surface area contributed by atoms with Gasteiger partial charge in [0, 0.05) is 59.4 Å². The van der Waals surface area contributed by atoms with Gasteiger partial charge >= 0.3 is 5.69 Å². The lowest BCUT2D eigenvalue weighted by atomic mass is 9.90. The average molecular weight is 480 g/mol. The maximum atomic E-state index is 13.0. The standard InChI is InChI=1S/C26H33N5O4/c1-4-31-20-10-6-5-9-19(20)27-21(31)11-7-12-22(32)30-15-8-13-26(14-16-30)17-18-23(33)28(2)25(34)29(3)24(18)35-26/h5-6,9-10H,4,7-8,11-17H2,1-3H3/t26-/m1/s1. The second-order valence-corrected chi connectivity index (χ2v) is 9.80. The Balaban J connectivity index is 1.21. The lowest BCUT2D eigenvalue weighted by Crippen LogP contribution is -2.38. The van der Waals surface area contributed by atoms with Crippen molar-refractivity contribution in [2.75, 3.05) is 13.1 Å². The Labute approximate surface area is 203 Å². The van der Waals surface area contributed by atoms with Gasteiger partial charge in [0.15, 0.2) is 0 Å². The molecular weight excluding hydrogens is 446 g/mol. The molecule has 1 spiro atoms. The summed E-state index contributed by atoms with van der Waals surface area (Å²) in [6.07, 6.45) is 4.69. The summed E-state index contributed by atoms with van der Waals surface area (Å²) in [5, 5.41) is 0. The van der Waals surface area contributed by atoms with E-state index in [1.54, 1.807) is 7.05 Å². The fourth-order valence-corrected chi connectivity index (χ4v) is 5.66. The van der Waals surface area contributed by atoms with Crippen molar-refractivity contribution in [3.8, 4) is 5.88 Å². The SMILES string of the molecule is CCn1c(CCCC(=O)N2CCC[C@@]3(CC2)Cc2c(n(C)c(=O)n(C)c2=O)O3)nc2ccccc21. The Morgan fingerprint density at radius 2 is 1.91 bits per heavy atom. The summed E-state index contributed by atoms with van der Waals surface area (Å²) in [6, 6.07) is 8.14. The van der Waals surface area contributed by atoms with Gasteiger partial charge in [0.1, 0.15) is 11.4 Å². The Hall–Kier alpha value is -3.36. The number of imidazole rings is 1. The van der Waals surface area contributed by atoms with Crippen LogP contribution in [0.1, 0.15) is 50.4 Å². The Kier molecular flexibility index (Phi) is 6.02. The van der Waals surface area contributed by atoms with Crippen molar-refractivity contribution in [1.29, 1.82) is 0 Å². The van der Waals surface area contributed by atoms with Gasteiger partial charge in [-0.3, -0.25) is 18.7 Å². The van der Waals surface area contributed by atoms with Gasteiger partial charge in [-0.25, -0.2) is 9.78 Å². The van der Waals surface area contributed by atoms with E-state index in [9.17, 15) is 14.4 Å². The molecule has 0 bridgehead atoms. The van der Waals surface area contributed by atoms with Crippen LogP contribution in [0.3, 0.4) is 0 Å². The smallest absolute Gasteiger partial charge is 0.333 e. The first-order chi connectivity index (χ1) is 16.8. The minimum absolute atomic E-state index is 0.153. The van der Waals surface area contributed by atoms with Crippen LogP contribution in [0.15, 0.2) is 33.9 Å². The van der Waals surface area contributed by atoms with Gasteiger partial charge in [-0.2, -0.15) is 0 Å². The Bertz CT molecular complexity index is 1400. The molecule has 1 atom stereocenters. The normalized spacial score (nSPS) is 19.7. The monoisotopic (exact) mass is 479 g/mol. The number of fused-ring (bicyclic) bond motifs is 2. The first-order valence-electron chi connectivity index (χ1n) is 12.5. The molecule has 0 unspecified atom stereocenters. The van der Waals surface area contributed by atoms with Crippen molar-refractivity contribution in [3.05, 3.63) is 56.5 Å². The predicted molar refractivity (Wildman–Crippen MR) is 133 cm³/mol. The van der Waals surface area contributed by atoms with Crippen molar-refractivity contribution in [2.24, 2.45) is 14.1 Å². The molecule has 1 amide bonds. The molecule has 9 nitrogen and oxygen atoms in total. The van der Waals surface area contributed by atoms with Crippen molar-refractivity contribution in [2.45, 2.75) is 64.0 Å². The molecule has 0 saturated carbocycles. The molecule has 1 saturated heterocycles. The van der Waals surface area contributed by atoms with Crippen molar-refractivity contribution in [3.63, 3.8) is 0 Å². The summed E-state index contributed by atoms with van der Waals surface area (Å²) < 4.78 is 11.1. The van der Waals surface area contributed by atoms with Crippen LogP contribution >= 0.6 is 0 Å². The van der Waals surface area contributed by atoms with Crippen molar-refractivity contribution in [1.82, 2.24) is 23.6 Å². The maximum absolute atomic E-state index is 13.0. The number of aromatic nitrogens is 4. The third-order valence-electron chi connectivity index (χ3n) is 7.60. The molecule has 2 aliphatic rings. The number of hydrogen-bond donors (Lipinski definition) is 0. The van der Waals surface area contributed by atoms with E-state index in [0.717, 1.165) is 53.7 Å². The van der Waals surface area contributed by atoms with E-state index >= 15 is 0 Å². The van der Waals surface area contributed by atoms with Crippen molar-refractivity contribution < 1.29 is 9.53 Å². The number of rotatable bonds is 5. The number of hydrogen-bond acceptors (Lipinski definition) is 5. The zero-order chi connectivity index (χ0) is 24.7. The number of benzene rings is 1. The van der Waals surface area contributed by atoms with Gasteiger partial charge in [-0.05, 0) is 38.3 Å². The van der Waals surface area contributed by atoms with Crippen LogP contribution in [0, 0.1) is 0 Å². The van der Waals surface area contributed by atoms with Crippen molar-refractivity contribution >= 4 is 16.9 Å². The van der Waals surface area contributed by atoms with Gasteiger partial charge in [0.05, 0.1) is 16.6 Å². The molecular formula is C26H33N5O4. The molecule has 5 rings (SSSR count). The summed E-state index contributed by atoms with van der Waals surface area (Å²) in [7, 11) is 3.14. The molecule has 9 heteroatoms. The molecule has 3 aromatic rings. The zero-order valence-electron chi connectivity index (χ0n) is 20.7. The van der Waals surface area contributed by atoms with Crippen LogP contribution in [0.2, 0.25) is 0 Å². The highest BCUT2D eigenvalue weighted by Crippen LogP contribution is 2.38. The van der Waals surface area contributed by atoms with E-state index < -0.39 is 5.60 Å². The quantitative estimate of drug-likeness (QED) is 0.559. The highest BCUT2D eigenvalue weighted by Gasteiger charge is 2.44. The third-order valence-corrected chi connectivity index (χ3v) is 7.60. The van der Waals surface area contributed by atoms with Gasteiger partial charge in [0.25, 0.3) is 5.56 Å². The molecule has 1 aromatic carbocycles. The van der Waals surface area contributed by atoms with Crippen LogP contribution in [-0.4, -0.2) is 48.2 Å². The summed E-state index contributed by atoms with van der Waals surface area (Å²) in [6.45, 7) is 4.25. The van der Waals surface area contributed by atoms with Crippen LogP contribution < -0.4 is 16.0 Å². The van der Waals surface area contributed by atoms with E-state index in [1.807, 2.05) is 23.1 Å². The third kappa shape index (κ3) is 4.06. The number of nitrogens with zero attached hydrogens (tertiary/aromatic N) is 5. The summed E-state index contributed by atoms with van der Waals surface area (Å²) in [5.41, 5.74) is 1.51. The molecule has 0 aliphatic carbocycles. The van der Waals surface area contributed by atoms with Crippen LogP contribution in [0.5, 0.6) is 5.88 Å². The number of amides is 1. The second-order valence-electron chi connectivity index (χ2n) is 9.80. The summed E-state index contributed by atoms with van der Waals surface area (Å²) >= 11 is 0. The van der Waals surface area contributed by atoms with Gasteiger partial charge in [0.2, 0.25) is 11.8 Å². The zero-order valence-corrected chi connectivity index (χ0v) is 20.7. The van der Waals surface area contributed by atoms with E-state index in [0.29, 0.717) is 43.8 Å². The highest BCUT2D eigenvalue weighted by molar-refractivity contribution is 5.77. The van der Waals surface area contributed by atoms with Crippen LogP contribution in [0.4, 0.5) is 0 Å². The maximum Gasteiger partial charge on any atom is 0.333 e. The Morgan fingerprint density at radius 1 is 1.11 bits per heavy atom. The number of carbonyl (C=O) groups is 1. The topological polar surface area (TPSA) is 91.4 Å². The summed E-state index contributed by atoms with van der Waals surface area (Å²) in [5.74, 6) is 1.57. The molecule has 35 heavy (non-hydrogen) atoms. The lowest BCUT2D eigenvalue weighted by molar-refractivity contribution is -0.131. The highest BCUT2D eigenvalue weighted by atomic mass is 16.5. The molecule has 2 aliphatic heterocycles. The van der Waals surface area contributed by atoms with E-state index in [-0.39, 0.29) is 17.2 Å². The van der Waals surface area contributed by atoms with Crippen LogP contribution in [0.25, 0.3) is 11.0 Å². The number of likely N-dealkylation sites (tertiary alicyclic amines) is 1. The fraction of sp³-hybridized carbons (Fsp3) is 0.538. The second kappa shape index (κ2) is 9.02. The number of ether oxygens (including phenoxy) is 1. The van der Waals surface area contributed by atoms with E-state index in [2.05, 4.69) is 17.6 Å². The molecule has 4 heterocycles. The molecule has 0 radical (unpaired) electrons. The van der Waals surface area contributed by atoms with Gasteiger partial charge < -0.3 is 14.2 Å².